The first-order valence-electron chi connectivity index (χ1n) is 21.5. The predicted molar refractivity (Wildman–Crippen MR) is 232 cm³/mol. The van der Waals surface area contributed by atoms with Gasteiger partial charge in [-0.05, 0) is 67.0 Å². The molecule has 2 bridgehead atoms. The Balaban J connectivity index is 1.39. The van der Waals surface area contributed by atoms with Gasteiger partial charge < -0.3 is 49.2 Å². The van der Waals surface area contributed by atoms with Crippen LogP contribution in [0.25, 0.3) is 0 Å². The molecule has 16 nitrogen and oxygen atoms in total. The molecular weight excluding hydrogens is 841 g/mol. The van der Waals surface area contributed by atoms with Gasteiger partial charge in [0.15, 0.2) is 23.6 Å². The van der Waals surface area contributed by atoms with Gasteiger partial charge in [0.2, 0.25) is 0 Å². The van der Waals surface area contributed by atoms with Gasteiger partial charge in [0.25, 0.3) is 5.91 Å². The third-order valence-electron chi connectivity index (χ3n) is 14.1. The molecule has 4 N–H and O–H groups in total. The Morgan fingerprint density at radius 1 is 0.862 bits per heavy atom. The number of ketones is 1. The molecule has 3 aromatic carbocycles. The number of esters is 4. The fourth-order valence-electron chi connectivity index (χ4n) is 10.5. The van der Waals surface area contributed by atoms with Crippen LogP contribution in [0.4, 0.5) is 5.69 Å². The van der Waals surface area contributed by atoms with Gasteiger partial charge in [0, 0.05) is 57.5 Å². The molecule has 65 heavy (non-hydrogen) atoms. The second kappa shape index (κ2) is 17.5. The van der Waals surface area contributed by atoms with Crippen LogP contribution < -0.4 is 10.2 Å². The SMILES string of the molecule is CC(=O)O[C@H]1C(=O)[C@@]2(C)[C@H]([C@H](OC(=O)c3ccccc3)[C@]3(O)C[C@H](OC(=O)[C@H](O)[C@@H](NC(=O)c4ccccc4)c4cccc(N(C)C)c4)C(C)=C1C3(C)C)[C@]1(OC(C)=O)CO[C@@H]1C[C@@H]2O. The predicted octanol–water partition coefficient (Wildman–Crippen LogP) is 3.80. The van der Waals surface area contributed by atoms with E-state index in [0.717, 1.165) is 13.8 Å². The lowest BCUT2D eigenvalue weighted by Crippen LogP contribution is -2.82. The van der Waals surface area contributed by atoms with Crippen LogP contribution in [0, 0.1) is 16.7 Å². The number of aliphatic hydroxyl groups is 3. The van der Waals surface area contributed by atoms with Crippen molar-refractivity contribution in [2.75, 3.05) is 25.6 Å². The number of nitrogens with zero attached hydrogens (tertiary/aromatic N) is 1. The number of aliphatic hydroxyl groups excluding tert-OH is 2. The van der Waals surface area contributed by atoms with E-state index in [9.17, 15) is 39.3 Å². The average molecular weight is 897 g/mol. The summed E-state index contributed by atoms with van der Waals surface area (Å²) in [6.07, 6.45) is -10.6. The Bertz CT molecular complexity index is 2400. The molecule has 346 valence electrons. The first-order chi connectivity index (χ1) is 30.6. The molecule has 0 aromatic heterocycles. The number of Topliss-reactive ketones (excluding diaryl/α,β-unsaturated/α-hetero) is 1. The summed E-state index contributed by atoms with van der Waals surface area (Å²) < 4.78 is 30.4. The van der Waals surface area contributed by atoms with E-state index in [1.165, 1.54) is 26.0 Å². The number of anilines is 1. The van der Waals surface area contributed by atoms with Crippen LogP contribution in [0.15, 0.2) is 96.1 Å². The summed E-state index contributed by atoms with van der Waals surface area (Å²) in [6.45, 7) is 7.98. The van der Waals surface area contributed by atoms with Crippen molar-refractivity contribution < 1.29 is 67.8 Å². The fourth-order valence-corrected chi connectivity index (χ4v) is 10.5. The number of fused-ring (bicyclic) bond motifs is 5. The van der Waals surface area contributed by atoms with E-state index in [1.54, 1.807) is 106 Å². The molecule has 0 unspecified atom stereocenters. The van der Waals surface area contributed by atoms with Gasteiger partial charge in [-0.25, -0.2) is 9.59 Å². The highest BCUT2D eigenvalue weighted by Crippen LogP contribution is 2.64. The number of ether oxygens (including phenoxy) is 5. The van der Waals surface area contributed by atoms with Gasteiger partial charge in [-0.15, -0.1) is 0 Å². The summed E-state index contributed by atoms with van der Waals surface area (Å²) in [5.41, 5.74) is -6.39. The molecule has 1 aliphatic heterocycles. The minimum Gasteiger partial charge on any atom is -0.456 e. The Morgan fingerprint density at radius 2 is 1.49 bits per heavy atom. The highest BCUT2D eigenvalue weighted by molar-refractivity contribution is 5.96. The van der Waals surface area contributed by atoms with Crippen molar-refractivity contribution >= 4 is 41.3 Å². The van der Waals surface area contributed by atoms with Crippen LogP contribution in [0.1, 0.15) is 86.7 Å². The molecule has 11 atom stereocenters. The van der Waals surface area contributed by atoms with Gasteiger partial charge in [0.1, 0.15) is 23.9 Å². The Morgan fingerprint density at radius 3 is 2.06 bits per heavy atom. The van der Waals surface area contributed by atoms with Crippen molar-refractivity contribution in [1.29, 1.82) is 0 Å². The standard InChI is InChI=1S/C49H56N2O14/c1-26-33(63-45(59)38(55)37(31-20-15-21-32(22-31)51(7)8)50-43(57)29-16-11-9-12-17-29)24-49(60)42(64-44(58)30-18-13-10-14-19-30)40-47(6,34(54)23-35-48(40,25-61-35)65-28(3)53)41(56)39(62-27(2)52)36(26)46(49,4)5/h9-22,33-35,37-40,42,54-55,60H,23-25H2,1-8H3,(H,50,57)/t33-,34-,35+,37-,38+,39+,40-,42-,47+,48-,49+/m0/s1. The van der Waals surface area contributed by atoms with E-state index in [2.05, 4.69) is 5.32 Å². The molecule has 3 aliphatic carbocycles. The highest BCUT2D eigenvalue weighted by atomic mass is 16.6. The Kier molecular flexibility index (Phi) is 12.6. The van der Waals surface area contributed by atoms with Crippen LogP contribution in [0.3, 0.4) is 0 Å². The summed E-state index contributed by atoms with van der Waals surface area (Å²) >= 11 is 0. The summed E-state index contributed by atoms with van der Waals surface area (Å²) in [5.74, 6) is -6.88. The lowest BCUT2D eigenvalue weighted by molar-refractivity contribution is -0.346. The van der Waals surface area contributed by atoms with Crippen molar-refractivity contribution in [1.82, 2.24) is 5.32 Å². The summed E-state index contributed by atoms with van der Waals surface area (Å²) in [7, 11) is 3.60. The first-order valence-corrected chi connectivity index (χ1v) is 21.5. The maximum absolute atomic E-state index is 15.6. The van der Waals surface area contributed by atoms with Crippen molar-refractivity contribution in [3.63, 3.8) is 0 Å². The molecule has 1 saturated heterocycles. The van der Waals surface area contributed by atoms with Crippen LogP contribution in [-0.4, -0.2) is 119 Å². The zero-order valence-corrected chi connectivity index (χ0v) is 37.6. The van der Waals surface area contributed by atoms with Crippen molar-refractivity contribution in [3.8, 4) is 0 Å². The summed E-state index contributed by atoms with van der Waals surface area (Å²) in [6, 6.07) is 21.5. The molecule has 4 aliphatic rings. The lowest BCUT2D eigenvalue weighted by Gasteiger charge is -2.67. The normalized spacial score (nSPS) is 30.9. The van der Waals surface area contributed by atoms with Gasteiger partial charge >= 0.3 is 23.9 Å². The van der Waals surface area contributed by atoms with E-state index in [1.807, 2.05) is 0 Å². The van der Waals surface area contributed by atoms with Crippen molar-refractivity contribution in [2.45, 2.75) is 108 Å². The average Bonchev–Trinajstić information content (AvgIpc) is 3.26. The number of hydrogen-bond donors (Lipinski definition) is 4. The van der Waals surface area contributed by atoms with E-state index >= 15 is 4.79 Å². The largest absolute Gasteiger partial charge is 0.456 e. The smallest absolute Gasteiger partial charge is 0.338 e. The number of carbonyl (C=O) groups excluding carboxylic acids is 6. The molecule has 16 heteroatoms. The Hall–Kier alpha value is -5.94. The number of nitrogens with one attached hydrogen (secondary N) is 1. The van der Waals surface area contributed by atoms with Crippen molar-refractivity contribution in [2.24, 2.45) is 16.7 Å². The topological polar surface area (TPSA) is 225 Å². The third-order valence-corrected chi connectivity index (χ3v) is 14.1. The fraction of sp³-hybridized carbons (Fsp3) is 0.469. The van der Waals surface area contributed by atoms with Crippen LogP contribution in [0.2, 0.25) is 0 Å². The number of amides is 1. The van der Waals surface area contributed by atoms with Crippen molar-refractivity contribution in [3.05, 3.63) is 113 Å². The molecule has 1 amide bonds. The lowest BCUT2D eigenvalue weighted by atomic mass is 9.44. The second-order valence-corrected chi connectivity index (χ2v) is 18.4. The van der Waals surface area contributed by atoms with E-state index in [0.29, 0.717) is 11.3 Å². The molecule has 1 heterocycles. The number of rotatable bonds is 11. The molecular formula is C49H56N2O14. The summed E-state index contributed by atoms with van der Waals surface area (Å²) in [4.78, 5) is 85.9. The highest BCUT2D eigenvalue weighted by Gasteiger charge is 2.78. The minimum absolute atomic E-state index is 0.00694. The molecule has 7 rings (SSSR count). The van der Waals surface area contributed by atoms with Gasteiger partial charge in [0.05, 0.1) is 35.6 Å². The van der Waals surface area contributed by atoms with E-state index < -0.39 is 113 Å². The van der Waals surface area contributed by atoms with Gasteiger partial charge in [-0.3, -0.25) is 19.2 Å². The molecule has 0 spiro atoms. The third kappa shape index (κ3) is 8.00. The molecule has 3 aromatic rings. The number of carbonyl (C=O) groups is 6. The zero-order valence-electron chi connectivity index (χ0n) is 37.6. The monoisotopic (exact) mass is 896 g/mol. The second-order valence-electron chi connectivity index (χ2n) is 18.4. The van der Waals surface area contributed by atoms with Crippen LogP contribution >= 0.6 is 0 Å². The van der Waals surface area contributed by atoms with Crippen LogP contribution in [0.5, 0.6) is 0 Å². The molecule has 2 saturated carbocycles. The van der Waals surface area contributed by atoms with Gasteiger partial charge in [-0.1, -0.05) is 62.4 Å². The number of hydrogen-bond acceptors (Lipinski definition) is 15. The van der Waals surface area contributed by atoms with Gasteiger partial charge in [-0.2, -0.15) is 0 Å². The number of benzene rings is 3. The Labute approximate surface area is 376 Å². The quantitative estimate of drug-likeness (QED) is 0.122. The maximum atomic E-state index is 15.6. The molecule has 3 fully saturated rings. The zero-order chi connectivity index (χ0) is 47.4. The van der Waals surface area contributed by atoms with E-state index in [4.69, 9.17) is 23.7 Å². The maximum Gasteiger partial charge on any atom is 0.338 e. The van der Waals surface area contributed by atoms with E-state index in [-0.39, 0.29) is 35.3 Å². The first kappa shape index (κ1) is 47.0. The summed E-state index contributed by atoms with van der Waals surface area (Å²) in [5, 5.41) is 40.6. The van der Waals surface area contributed by atoms with Crippen LogP contribution in [-0.2, 0) is 42.9 Å². The molecule has 0 radical (unpaired) electrons. The minimum atomic E-state index is -2.40.